The lowest BCUT2D eigenvalue weighted by molar-refractivity contribution is 0.0976. The van der Waals surface area contributed by atoms with Gasteiger partial charge in [-0.25, -0.2) is 4.39 Å². The molecule has 1 fully saturated rings. The zero-order valence-corrected chi connectivity index (χ0v) is 13.0. The highest BCUT2D eigenvalue weighted by molar-refractivity contribution is 6.30. The number of nitrogens with two attached hydrogens (primary N) is 1. The topological polar surface area (TPSA) is 29.3 Å². The molecule has 2 rings (SSSR count). The zero-order chi connectivity index (χ0) is 14.7. The number of benzene rings is 1. The van der Waals surface area contributed by atoms with Crippen molar-refractivity contribution < 1.29 is 4.39 Å². The molecule has 3 unspecified atom stereocenters. The van der Waals surface area contributed by atoms with Crippen LogP contribution in [0.1, 0.15) is 44.2 Å². The largest absolute Gasteiger partial charge is 0.329 e. The fourth-order valence-electron chi connectivity index (χ4n) is 3.42. The van der Waals surface area contributed by atoms with Gasteiger partial charge in [0.25, 0.3) is 0 Å². The third kappa shape index (κ3) is 3.33. The van der Waals surface area contributed by atoms with Crippen molar-refractivity contribution in [1.82, 2.24) is 4.90 Å². The van der Waals surface area contributed by atoms with E-state index in [2.05, 4.69) is 18.9 Å². The SMILES string of the molecule is CC1CCCCC1N(C)C(CN)c1cc(Cl)ccc1F. The summed E-state index contributed by atoms with van der Waals surface area (Å²) in [5.41, 5.74) is 6.54. The highest BCUT2D eigenvalue weighted by Crippen LogP contribution is 2.33. The normalized spacial score (nSPS) is 24.9. The Morgan fingerprint density at radius 3 is 2.75 bits per heavy atom. The molecule has 1 saturated carbocycles. The second-order valence-electron chi connectivity index (χ2n) is 5.91. The summed E-state index contributed by atoms with van der Waals surface area (Å²) in [6.07, 6.45) is 4.94. The van der Waals surface area contributed by atoms with E-state index in [1.54, 1.807) is 12.1 Å². The van der Waals surface area contributed by atoms with Gasteiger partial charge in [-0.2, -0.15) is 0 Å². The first-order valence-electron chi connectivity index (χ1n) is 7.41. The van der Waals surface area contributed by atoms with Gasteiger partial charge in [0.2, 0.25) is 0 Å². The molecule has 0 amide bonds. The minimum absolute atomic E-state index is 0.112. The predicted octanol–water partition coefficient (Wildman–Crippen LogP) is 3.99. The van der Waals surface area contributed by atoms with Crippen molar-refractivity contribution >= 4 is 11.6 Å². The average molecular weight is 299 g/mol. The standard InChI is InChI=1S/C16H24ClFN2/c1-11-5-3-4-6-15(11)20(2)16(10-19)13-9-12(17)7-8-14(13)18/h7-9,11,15-16H,3-6,10,19H2,1-2H3. The minimum atomic E-state index is -0.222. The second kappa shape index (κ2) is 6.88. The van der Waals surface area contributed by atoms with Crippen molar-refractivity contribution in [3.05, 3.63) is 34.6 Å². The molecule has 4 heteroatoms. The first-order chi connectivity index (χ1) is 9.54. The van der Waals surface area contributed by atoms with Crippen LogP contribution in [0, 0.1) is 11.7 Å². The monoisotopic (exact) mass is 298 g/mol. The van der Waals surface area contributed by atoms with Crippen LogP contribution in [0.25, 0.3) is 0 Å². The van der Waals surface area contributed by atoms with E-state index in [-0.39, 0.29) is 11.9 Å². The van der Waals surface area contributed by atoms with Gasteiger partial charge in [-0.15, -0.1) is 0 Å². The molecule has 0 saturated heterocycles. The molecule has 20 heavy (non-hydrogen) atoms. The summed E-state index contributed by atoms with van der Waals surface area (Å²) >= 11 is 6.01. The summed E-state index contributed by atoms with van der Waals surface area (Å²) in [5, 5.41) is 0.560. The molecule has 0 aliphatic heterocycles. The first kappa shape index (κ1) is 15.7. The molecule has 2 nitrogen and oxygen atoms in total. The average Bonchev–Trinajstić information content (AvgIpc) is 2.44. The Balaban J connectivity index is 2.24. The molecule has 0 aromatic heterocycles. The van der Waals surface area contributed by atoms with E-state index in [0.29, 0.717) is 29.1 Å². The first-order valence-corrected chi connectivity index (χ1v) is 7.79. The molecule has 1 aliphatic rings. The minimum Gasteiger partial charge on any atom is -0.329 e. The van der Waals surface area contributed by atoms with E-state index < -0.39 is 0 Å². The second-order valence-corrected chi connectivity index (χ2v) is 6.35. The van der Waals surface area contributed by atoms with Crippen molar-refractivity contribution in [2.24, 2.45) is 11.7 Å². The highest BCUT2D eigenvalue weighted by Gasteiger charge is 2.30. The molecule has 0 spiro atoms. The van der Waals surface area contributed by atoms with Crippen molar-refractivity contribution in [1.29, 1.82) is 0 Å². The lowest BCUT2D eigenvalue weighted by Gasteiger charge is -2.40. The smallest absolute Gasteiger partial charge is 0.128 e. The van der Waals surface area contributed by atoms with Gasteiger partial charge in [-0.1, -0.05) is 31.4 Å². The number of hydrogen-bond acceptors (Lipinski definition) is 2. The van der Waals surface area contributed by atoms with Crippen LogP contribution in [0.15, 0.2) is 18.2 Å². The molecule has 1 aromatic rings. The third-order valence-corrected chi connectivity index (χ3v) is 4.86. The van der Waals surface area contributed by atoms with Gasteiger partial charge in [0.1, 0.15) is 5.82 Å². The van der Waals surface area contributed by atoms with Gasteiger partial charge in [-0.3, -0.25) is 4.90 Å². The summed E-state index contributed by atoms with van der Waals surface area (Å²) in [4.78, 5) is 2.25. The maximum Gasteiger partial charge on any atom is 0.128 e. The van der Waals surface area contributed by atoms with E-state index in [4.69, 9.17) is 17.3 Å². The molecule has 0 bridgehead atoms. The Morgan fingerprint density at radius 2 is 2.10 bits per heavy atom. The summed E-state index contributed by atoms with van der Waals surface area (Å²) in [6, 6.07) is 5.07. The van der Waals surface area contributed by atoms with Crippen LogP contribution in [0.4, 0.5) is 4.39 Å². The number of likely N-dealkylation sites (N-methyl/N-ethyl adjacent to an activating group) is 1. The van der Waals surface area contributed by atoms with Gasteiger partial charge < -0.3 is 5.73 Å². The Bertz CT molecular complexity index is 452. The van der Waals surface area contributed by atoms with Crippen LogP contribution in [-0.4, -0.2) is 24.5 Å². The Labute approximate surface area is 126 Å². The highest BCUT2D eigenvalue weighted by atomic mass is 35.5. The molecule has 3 atom stereocenters. The number of hydrogen-bond donors (Lipinski definition) is 1. The van der Waals surface area contributed by atoms with E-state index >= 15 is 0 Å². The fraction of sp³-hybridized carbons (Fsp3) is 0.625. The molecular weight excluding hydrogens is 275 g/mol. The lowest BCUT2D eigenvalue weighted by atomic mass is 9.84. The van der Waals surface area contributed by atoms with Crippen LogP contribution < -0.4 is 5.73 Å². The summed E-state index contributed by atoms with van der Waals surface area (Å²) < 4.78 is 14.1. The van der Waals surface area contributed by atoms with E-state index in [0.717, 1.165) is 6.42 Å². The zero-order valence-electron chi connectivity index (χ0n) is 12.3. The molecule has 1 aliphatic carbocycles. The van der Waals surface area contributed by atoms with Crippen LogP contribution in [0.3, 0.4) is 0 Å². The number of nitrogens with zero attached hydrogens (tertiary/aromatic N) is 1. The van der Waals surface area contributed by atoms with E-state index in [9.17, 15) is 4.39 Å². The van der Waals surface area contributed by atoms with Gasteiger partial charge in [0.05, 0.1) is 0 Å². The van der Waals surface area contributed by atoms with E-state index in [1.165, 1.54) is 25.3 Å². The Morgan fingerprint density at radius 1 is 1.40 bits per heavy atom. The third-order valence-electron chi connectivity index (χ3n) is 4.62. The van der Waals surface area contributed by atoms with Crippen molar-refractivity contribution in [3.8, 4) is 0 Å². The molecule has 2 N–H and O–H groups in total. The van der Waals surface area contributed by atoms with Gasteiger partial charge in [0, 0.05) is 29.2 Å². The van der Waals surface area contributed by atoms with Crippen molar-refractivity contribution in [2.45, 2.75) is 44.7 Å². The molecule has 1 aromatic carbocycles. The predicted molar refractivity (Wildman–Crippen MR) is 82.4 cm³/mol. The molecule has 112 valence electrons. The van der Waals surface area contributed by atoms with Gasteiger partial charge in [0.15, 0.2) is 0 Å². The number of halogens is 2. The Hall–Kier alpha value is -0.640. The van der Waals surface area contributed by atoms with Crippen LogP contribution >= 0.6 is 11.6 Å². The lowest BCUT2D eigenvalue weighted by Crippen LogP contribution is -2.43. The van der Waals surface area contributed by atoms with Crippen LogP contribution in [-0.2, 0) is 0 Å². The summed E-state index contributed by atoms with van der Waals surface area (Å²) in [5.74, 6) is 0.408. The molecule has 0 radical (unpaired) electrons. The summed E-state index contributed by atoms with van der Waals surface area (Å²) in [7, 11) is 2.06. The summed E-state index contributed by atoms with van der Waals surface area (Å²) in [6.45, 7) is 2.68. The van der Waals surface area contributed by atoms with Gasteiger partial charge in [-0.05, 0) is 44.0 Å². The quantitative estimate of drug-likeness (QED) is 0.911. The van der Waals surface area contributed by atoms with Crippen molar-refractivity contribution in [3.63, 3.8) is 0 Å². The molecular formula is C16H24ClFN2. The van der Waals surface area contributed by atoms with Crippen molar-refractivity contribution in [2.75, 3.05) is 13.6 Å². The fourth-order valence-corrected chi connectivity index (χ4v) is 3.60. The number of rotatable bonds is 4. The van der Waals surface area contributed by atoms with Gasteiger partial charge >= 0.3 is 0 Å². The maximum absolute atomic E-state index is 14.1. The Kier molecular flexibility index (Phi) is 5.42. The van der Waals surface area contributed by atoms with E-state index in [1.807, 2.05) is 0 Å². The maximum atomic E-state index is 14.1. The molecule has 0 heterocycles. The van der Waals surface area contributed by atoms with Crippen LogP contribution in [0.2, 0.25) is 5.02 Å². The van der Waals surface area contributed by atoms with Crippen LogP contribution in [0.5, 0.6) is 0 Å².